The lowest BCUT2D eigenvalue weighted by Crippen LogP contribution is -2.29. The number of nitrogens with one attached hydrogen (secondary N) is 3. The predicted molar refractivity (Wildman–Crippen MR) is 235 cm³/mol. The first-order valence-electron chi connectivity index (χ1n) is 20.4. The number of aromatic nitrogens is 6. The number of aromatic amines is 1. The third-order valence-corrected chi connectivity index (χ3v) is 11.0. The summed E-state index contributed by atoms with van der Waals surface area (Å²) >= 11 is 0. The van der Waals surface area contributed by atoms with E-state index < -0.39 is 0 Å². The van der Waals surface area contributed by atoms with E-state index in [2.05, 4.69) is 30.8 Å². The van der Waals surface area contributed by atoms with E-state index in [4.69, 9.17) is 19.3 Å². The molecule has 2 aliphatic rings. The predicted octanol–water partition coefficient (Wildman–Crippen LogP) is 7.71. The van der Waals surface area contributed by atoms with Gasteiger partial charge in [-0.3, -0.25) is 14.7 Å². The van der Waals surface area contributed by atoms with E-state index in [1.54, 1.807) is 33.4 Å². The van der Waals surface area contributed by atoms with Crippen LogP contribution in [0, 0.1) is 13.8 Å². The minimum atomic E-state index is 0.0919. The molecule has 0 aliphatic carbocycles. The van der Waals surface area contributed by atoms with Crippen molar-refractivity contribution in [2.75, 3.05) is 43.9 Å². The second-order valence-corrected chi connectivity index (χ2v) is 15.5. The largest absolute Gasteiger partial charge is 0.497 e. The Kier molecular flexibility index (Phi) is 12.0. The van der Waals surface area contributed by atoms with Crippen LogP contribution in [0.5, 0.6) is 28.7 Å². The molecule has 15 heteroatoms. The molecule has 4 aromatic heterocycles. The van der Waals surface area contributed by atoms with Crippen molar-refractivity contribution in [3.05, 3.63) is 114 Å². The summed E-state index contributed by atoms with van der Waals surface area (Å²) in [6.07, 6.45) is 5.19. The Morgan fingerprint density at radius 1 is 0.689 bits per heavy atom. The molecule has 314 valence electrons. The molecular formula is C46H50N10O5. The van der Waals surface area contributed by atoms with Gasteiger partial charge in [-0.05, 0) is 68.7 Å². The standard InChI is InChI=1S/C27H29N5O3.C19H21N5O2/c1-18-4-8-23(9-5-18)35-24-12-14-28-27-25(24)26(29-21-13-15-31(17-21)19(2)33)30-32(27)16-20-6-10-22(34-3)11-7-20;1-12-3-5-15(6-4-12)26-16-7-9-20-18-17(16)19(23-22-18)21-14-8-10-24(11-14)13(2)25/h4-12,14,21H,13,15-17H2,1-3H3,(H,29,30);3-7,9,14H,8,10-11H2,1-2H3,(H2,20,21,22,23)/t21-;14-/m11/s1. The lowest BCUT2D eigenvalue weighted by atomic mass is 10.2. The molecule has 0 saturated carbocycles. The first kappa shape index (κ1) is 40.6. The molecule has 2 amide bonds. The lowest BCUT2D eigenvalue weighted by molar-refractivity contribution is -0.128. The van der Waals surface area contributed by atoms with E-state index in [0.29, 0.717) is 48.4 Å². The van der Waals surface area contributed by atoms with Crippen molar-refractivity contribution in [2.45, 2.75) is 59.2 Å². The third-order valence-electron chi connectivity index (χ3n) is 11.0. The number of carbonyl (C=O) groups excluding carboxylic acids is 2. The van der Waals surface area contributed by atoms with E-state index in [1.807, 2.05) is 113 Å². The number of carbonyl (C=O) groups is 2. The highest BCUT2D eigenvalue weighted by Crippen LogP contribution is 2.36. The van der Waals surface area contributed by atoms with Crippen LogP contribution in [0.3, 0.4) is 0 Å². The fourth-order valence-electron chi connectivity index (χ4n) is 7.56. The molecule has 7 aromatic rings. The van der Waals surface area contributed by atoms with Crippen molar-refractivity contribution >= 4 is 45.5 Å². The zero-order valence-corrected chi connectivity index (χ0v) is 35.0. The highest BCUT2D eigenvalue weighted by molar-refractivity contribution is 5.94. The van der Waals surface area contributed by atoms with Crippen molar-refractivity contribution in [3.8, 4) is 28.7 Å². The van der Waals surface area contributed by atoms with Gasteiger partial charge < -0.3 is 34.6 Å². The second-order valence-electron chi connectivity index (χ2n) is 15.5. The number of aryl methyl sites for hydroxylation is 2. The number of H-pyrrole nitrogens is 1. The zero-order valence-electron chi connectivity index (χ0n) is 35.0. The Hall–Kier alpha value is -7.16. The maximum absolute atomic E-state index is 11.8. The van der Waals surface area contributed by atoms with Gasteiger partial charge in [-0.1, -0.05) is 47.5 Å². The molecule has 15 nitrogen and oxygen atoms in total. The monoisotopic (exact) mass is 822 g/mol. The van der Waals surface area contributed by atoms with Crippen molar-refractivity contribution in [2.24, 2.45) is 0 Å². The summed E-state index contributed by atoms with van der Waals surface area (Å²) in [5.74, 6) is 5.30. The molecule has 61 heavy (non-hydrogen) atoms. The number of fused-ring (bicyclic) bond motifs is 2. The average Bonchev–Trinajstić information content (AvgIpc) is 4.09. The number of pyridine rings is 2. The van der Waals surface area contributed by atoms with Gasteiger partial charge in [0.05, 0.1) is 13.7 Å². The van der Waals surface area contributed by atoms with Gasteiger partial charge in [0.25, 0.3) is 0 Å². The second kappa shape index (κ2) is 18.0. The normalized spacial score (nSPS) is 16.0. The Balaban J connectivity index is 0.000000176. The molecule has 2 aliphatic heterocycles. The number of nitrogens with zero attached hydrogens (tertiary/aromatic N) is 7. The van der Waals surface area contributed by atoms with Gasteiger partial charge in [0.15, 0.2) is 22.9 Å². The van der Waals surface area contributed by atoms with Gasteiger partial charge in [-0.15, -0.1) is 0 Å². The lowest BCUT2D eigenvalue weighted by Gasteiger charge is -2.15. The Morgan fingerprint density at radius 2 is 1.21 bits per heavy atom. The number of benzene rings is 3. The topological polar surface area (TPSA) is 165 Å². The molecule has 2 fully saturated rings. The summed E-state index contributed by atoms with van der Waals surface area (Å²) in [6, 6.07) is 27.8. The summed E-state index contributed by atoms with van der Waals surface area (Å²) < 4.78 is 19.5. The van der Waals surface area contributed by atoms with Crippen LogP contribution in [-0.4, -0.2) is 96.9 Å². The quantitative estimate of drug-likeness (QED) is 0.117. The number of anilines is 2. The molecule has 0 bridgehead atoms. The van der Waals surface area contributed by atoms with Crippen LogP contribution in [0.4, 0.5) is 11.6 Å². The number of amides is 2. The minimum absolute atomic E-state index is 0.0919. The summed E-state index contributed by atoms with van der Waals surface area (Å²) in [6.45, 7) is 10.7. The third kappa shape index (κ3) is 9.51. The van der Waals surface area contributed by atoms with Crippen LogP contribution in [0.15, 0.2) is 97.3 Å². The zero-order chi connectivity index (χ0) is 42.5. The minimum Gasteiger partial charge on any atom is -0.497 e. The molecule has 3 aromatic carbocycles. The molecule has 9 rings (SSSR count). The number of ether oxygens (including phenoxy) is 3. The molecule has 6 heterocycles. The number of hydrogen-bond donors (Lipinski definition) is 3. The number of likely N-dealkylation sites (tertiary alicyclic amines) is 2. The van der Waals surface area contributed by atoms with E-state index in [1.165, 1.54) is 11.1 Å². The molecular weight excluding hydrogens is 773 g/mol. The Labute approximate surface area is 354 Å². The van der Waals surface area contributed by atoms with Gasteiger partial charge in [0.1, 0.15) is 39.5 Å². The fraction of sp³-hybridized carbons (Fsp3) is 0.304. The van der Waals surface area contributed by atoms with Crippen molar-refractivity contribution in [1.82, 2.24) is 39.7 Å². The summed E-state index contributed by atoms with van der Waals surface area (Å²) in [5.41, 5.74) is 4.83. The van der Waals surface area contributed by atoms with Gasteiger partial charge in [-0.25, -0.2) is 14.6 Å². The Morgan fingerprint density at radius 3 is 1.75 bits per heavy atom. The van der Waals surface area contributed by atoms with Gasteiger partial charge in [-0.2, -0.15) is 10.2 Å². The highest BCUT2D eigenvalue weighted by Gasteiger charge is 2.28. The van der Waals surface area contributed by atoms with Crippen molar-refractivity contribution in [3.63, 3.8) is 0 Å². The first-order valence-corrected chi connectivity index (χ1v) is 20.4. The highest BCUT2D eigenvalue weighted by atomic mass is 16.5. The van der Waals surface area contributed by atoms with Crippen molar-refractivity contribution < 1.29 is 23.8 Å². The molecule has 2 saturated heterocycles. The number of methoxy groups -OCH3 is 1. The maximum Gasteiger partial charge on any atom is 0.219 e. The van der Waals surface area contributed by atoms with E-state index in [9.17, 15) is 9.59 Å². The van der Waals surface area contributed by atoms with Crippen molar-refractivity contribution in [1.29, 1.82) is 0 Å². The van der Waals surface area contributed by atoms with Crippen LogP contribution in [-0.2, 0) is 16.1 Å². The Bertz CT molecular complexity index is 2630. The first-order chi connectivity index (χ1) is 29.6. The molecule has 0 spiro atoms. The van der Waals surface area contributed by atoms with E-state index >= 15 is 0 Å². The van der Waals surface area contributed by atoms with Crippen LogP contribution in [0.1, 0.15) is 43.4 Å². The van der Waals surface area contributed by atoms with E-state index in [-0.39, 0.29) is 23.9 Å². The van der Waals surface area contributed by atoms with Gasteiger partial charge in [0, 0.05) is 76.6 Å². The number of hydrogen-bond acceptors (Lipinski definition) is 11. The summed E-state index contributed by atoms with van der Waals surface area (Å²) in [7, 11) is 1.66. The smallest absolute Gasteiger partial charge is 0.219 e. The molecule has 0 radical (unpaired) electrons. The van der Waals surface area contributed by atoms with Gasteiger partial charge >= 0.3 is 0 Å². The fourth-order valence-corrected chi connectivity index (χ4v) is 7.56. The van der Waals surface area contributed by atoms with E-state index in [0.717, 1.165) is 65.2 Å². The van der Waals surface area contributed by atoms with Crippen LogP contribution in [0.2, 0.25) is 0 Å². The summed E-state index contributed by atoms with van der Waals surface area (Å²) in [4.78, 5) is 36.1. The molecule has 2 atom stereocenters. The molecule has 0 unspecified atom stereocenters. The maximum atomic E-state index is 11.8. The van der Waals surface area contributed by atoms with Crippen LogP contribution < -0.4 is 24.8 Å². The summed E-state index contributed by atoms with van der Waals surface area (Å²) in [5, 5.41) is 20.8. The SMILES string of the molecule is CC(=O)N1CC[C@@H](Nc2n[nH]c3nccc(Oc4ccc(C)cc4)c23)C1.COc1ccc(Cn2nc(N[C@@H]3CCN(C(C)=O)C3)c3c(Oc4ccc(C)cc4)ccnc32)cc1. The van der Waals surface area contributed by atoms with Crippen LogP contribution in [0.25, 0.3) is 22.1 Å². The molecule has 3 N–H and O–H groups in total. The van der Waals surface area contributed by atoms with Crippen LogP contribution >= 0.6 is 0 Å². The average molecular weight is 823 g/mol. The number of rotatable bonds is 11. The van der Waals surface area contributed by atoms with Gasteiger partial charge in [0.2, 0.25) is 11.8 Å².